The highest BCUT2D eigenvalue weighted by molar-refractivity contribution is 8.12. The van der Waals surface area contributed by atoms with E-state index in [4.69, 9.17) is 5.11 Å². The third-order valence-electron chi connectivity index (χ3n) is 3.10. The lowest BCUT2D eigenvalue weighted by atomic mass is 10.0. The van der Waals surface area contributed by atoms with Crippen LogP contribution in [0.1, 0.15) is 11.3 Å². The average molecular weight is 358 g/mol. The molecule has 0 amide bonds. The van der Waals surface area contributed by atoms with E-state index in [2.05, 4.69) is 11.1 Å². The van der Waals surface area contributed by atoms with Crippen molar-refractivity contribution in [2.75, 3.05) is 0 Å². The summed E-state index contributed by atoms with van der Waals surface area (Å²) in [5, 5.41) is 21.4. The maximum Gasteiger partial charge on any atom is 0.365 e. The van der Waals surface area contributed by atoms with Crippen LogP contribution >= 0.6 is 34.4 Å². The highest BCUT2D eigenvalue weighted by Gasteiger charge is 2.17. The Bertz CT molecular complexity index is 866. The predicted molar refractivity (Wildman–Crippen MR) is 94.9 cm³/mol. The maximum absolute atomic E-state index is 10.9. The first-order valence-electron chi connectivity index (χ1n) is 6.56. The Balaban J connectivity index is 2.17. The molecule has 23 heavy (non-hydrogen) atoms. The van der Waals surface area contributed by atoms with E-state index >= 15 is 0 Å². The van der Waals surface area contributed by atoms with E-state index in [0.717, 1.165) is 32.8 Å². The monoisotopic (exact) mass is 358 g/mol. The molecule has 3 rings (SSSR count). The highest BCUT2D eigenvalue weighted by atomic mass is 32.2. The summed E-state index contributed by atoms with van der Waals surface area (Å²) in [6.07, 6.45) is 0. The zero-order chi connectivity index (χ0) is 16.2. The quantitative estimate of drug-likeness (QED) is 0.683. The van der Waals surface area contributed by atoms with Gasteiger partial charge in [0.05, 0.1) is 21.8 Å². The predicted octanol–water partition coefficient (Wildman–Crippen LogP) is 5.32. The van der Waals surface area contributed by atoms with Crippen LogP contribution in [0.15, 0.2) is 41.1 Å². The molecule has 0 aliphatic heterocycles. The number of pyridine rings is 1. The van der Waals surface area contributed by atoms with Crippen molar-refractivity contribution in [2.24, 2.45) is 0 Å². The number of hydrogen-bond donors (Lipinski definition) is 1. The summed E-state index contributed by atoms with van der Waals surface area (Å²) in [4.78, 5) is 17.4. The smallest absolute Gasteiger partial charge is 0.365 e. The van der Waals surface area contributed by atoms with E-state index < -0.39 is 5.30 Å². The van der Waals surface area contributed by atoms with Crippen molar-refractivity contribution in [3.05, 3.63) is 52.3 Å². The minimum Gasteiger partial charge on any atom is -0.473 e. The fourth-order valence-electron chi connectivity index (χ4n) is 2.13. The minimum absolute atomic E-state index is 0.163. The van der Waals surface area contributed by atoms with Crippen LogP contribution in [0.3, 0.4) is 0 Å². The molecule has 3 heterocycles. The van der Waals surface area contributed by atoms with Crippen molar-refractivity contribution in [2.45, 2.75) is 5.75 Å². The number of carboxylic acid groups (broad SMARTS) is 1. The second kappa shape index (κ2) is 6.96. The van der Waals surface area contributed by atoms with Gasteiger partial charge < -0.3 is 5.11 Å². The number of hydrogen-bond acceptors (Lipinski definition) is 6. The molecule has 0 spiro atoms. The summed E-state index contributed by atoms with van der Waals surface area (Å²) >= 11 is 3.85. The standard InChI is InChI=1S/C16H10N2O2S3/c17-8-11-10(14-3-1-5-21-14)7-12(15-4-2-6-22-15)18-13(11)9-23-16(19)20/h1-7H,9H2,(H,19,20). The molecule has 0 aliphatic rings. The molecule has 4 nitrogen and oxygen atoms in total. The Morgan fingerprint density at radius 1 is 1.26 bits per heavy atom. The lowest BCUT2D eigenvalue weighted by Crippen LogP contribution is -1.99. The fraction of sp³-hybridized carbons (Fsp3) is 0.0625. The van der Waals surface area contributed by atoms with Crippen molar-refractivity contribution in [3.63, 3.8) is 0 Å². The van der Waals surface area contributed by atoms with E-state index in [-0.39, 0.29) is 5.75 Å². The van der Waals surface area contributed by atoms with Crippen LogP contribution in [0.2, 0.25) is 0 Å². The SMILES string of the molecule is N#Cc1c(-c2cccs2)cc(-c2cccs2)nc1CSC(=O)O. The van der Waals surface area contributed by atoms with Crippen LogP contribution < -0.4 is 0 Å². The summed E-state index contributed by atoms with van der Waals surface area (Å²) in [5.74, 6) is 0.163. The van der Waals surface area contributed by atoms with E-state index in [1.54, 1.807) is 22.7 Å². The Kier molecular flexibility index (Phi) is 4.76. The molecule has 0 saturated heterocycles. The second-order valence-corrected chi connectivity index (χ2v) is 7.32. The summed E-state index contributed by atoms with van der Waals surface area (Å²) in [5.41, 5.74) is 2.53. The molecule has 114 valence electrons. The molecule has 3 aromatic heterocycles. The van der Waals surface area contributed by atoms with Gasteiger partial charge in [-0.05, 0) is 40.7 Å². The Labute approximate surface area is 145 Å². The molecule has 1 N–H and O–H groups in total. The topological polar surface area (TPSA) is 74.0 Å². The van der Waals surface area contributed by atoms with E-state index in [9.17, 15) is 10.1 Å². The van der Waals surface area contributed by atoms with Crippen LogP contribution in [0, 0.1) is 11.3 Å². The molecule has 0 aromatic carbocycles. The molecule has 7 heteroatoms. The maximum atomic E-state index is 10.9. The lowest BCUT2D eigenvalue weighted by molar-refractivity contribution is 0.222. The molecule has 0 unspecified atom stereocenters. The van der Waals surface area contributed by atoms with Crippen LogP contribution in [-0.4, -0.2) is 15.4 Å². The Morgan fingerprint density at radius 3 is 2.52 bits per heavy atom. The second-order valence-electron chi connectivity index (χ2n) is 4.50. The molecule has 0 saturated carbocycles. The molecule has 0 fully saturated rings. The molecule has 0 bridgehead atoms. The van der Waals surface area contributed by atoms with Gasteiger partial charge in [0.25, 0.3) is 0 Å². The van der Waals surface area contributed by atoms with Crippen molar-refractivity contribution in [3.8, 4) is 27.1 Å². The van der Waals surface area contributed by atoms with Crippen LogP contribution in [0.25, 0.3) is 21.0 Å². The van der Waals surface area contributed by atoms with Gasteiger partial charge >= 0.3 is 5.30 Å². The largest absolute Gasteiger partial charge is 0.473 e. The molecule has 0 radical (unpaired) electrons. The minimum atomic E-state index is -0.977. The number of rotatable bonds is 4. The van der Waals surface area contributed by atoms with Gasteiger partial charge in [0, 0.05) is 16.2 Å². The van der Waals surface area contributed by atoms with Gasteiger partial charge in [0.15, 0.2) is 0 Å². The summed E-state index contributed by atoms with van der Waals surface area (Å²) < 4.78 is 0. The third-order valence-corrected chi connectivity index (χ3v) is 5.56. The molecule has 0 atom stereocenters. The van der Waals surface area contributed by atoms with Crippen molar-refractivity contribution < 1.29 is 9.90 Å². The Morgan fingerprint density at radius 2 is 1.96 bits per heavy atom. The number of thioether (sulfide) groups is 1. The van der Waals surface area contributed by atoms with E-state index in [0.29, 0.717) is 11.3 Å². The van der Waals surface area contributed by atoms with E-state index in [1.807, 2.05) is 41.1 Å². The van der Waals surface area contributed by atoms with Gasteiger partial charge in [-0.3, -0.25) is 0 Å². The molecule has 3 aromatic rings. The van der Waals surface area contributed by atoms with Gasteiger partial charge in [-0.1, -0.05) is 12.1 Å². The van der Waals surface area contributed by atoms with Gasteiger partial charge in [-0.2, -0.15) is 5.26 Å². The molecular weight excluding hydrogens is 348 g/mol. The third kappa shape index (κ3) is 3.45. The zero-order valence-corrected chi connectivity index (χ0v) is 14.2. The molecule has 0 aliphatic carbocycles. The van der Waals surface area contributed by atoms with E-state index in [1.165, 1.54) is 0 Å². The van der Waals surface area contributed by atoms with Gasteiger partial charge in [-0.15, -0.1) is 22.7 Å². The first-order chi connectivity index (χ1) is 11.2. The number of nitrogens with zero attached hydrogens (tertiary/aromatic N) is 2. The van der Waals surface area contributed by atoms with Gasteiger partial charge in [-0.25, -0.2) is 9.78 Å². The normalized spacial score (nSPS) is 10.4. The first-order valence-corrected chi connectivity index (χ1v) is 9.31. The number of aromatic nitrogens is 1. The van der Waals surface area contributed by atoms with Gasteiger partial charge in [0.2, 0.25) is 0 Å². The average Bonchev–Trinajstić information content (AvgIpc) is 3.24. The summed E-state index contributed by atoms with van der Waals surface area (Å²) in [6.45, 7) is 0. The first kappa shape index (κ1) is 15.7. The van der Waals surface area contributed by atoms with Crippen molar-refractivity contribution in [1.29, 1.82) is 5.26 Å². The van der Waals surface area contributed by atoms with Crippen LogP contribution in [0.5, 0.6) is 0 Å². The number of nitriles is 1. The summed E-state index contributed by atoms with van der Waals surface area (Å²) in [7, 11) is 0. The van der Waals surface area contributed by atoms with Crippen LogP contribution in [-0.2, 0) is 5.75 Å². The van der Waals surface area contributed by atoms with Crippen LogP contribution in [0.4, 0.5) is 4.79 Å². The zero-order valence-electron chi connectivity index (χ0n) is 11.7. The Hall–Kier alpha value is -2.14. The van der Waals surface area contributed by atoms with Crippen molar-refractivity contribution >= 4 is 39.7 Å². The molecular formula is C16H10N2O2S3. The number of thiophene rings is 2. The number of carbonyl (C=O) groups is 1. The lowest BCUT2D eigenvalue weighted by Gasteiger charge is -2.10. The van der Waals surface area contributed by atoms with Gasteiger partial charge in [0.1, 0.15) is 6.07 Å². The van der Waals surface area contributed by atoms with Crippen molar-refractivity contribution in [1.82, 2.24) is 4.98 Å². The summed E-state index contributed by atoms with van der Waals surface area (Å²) in [6, 6.07) is 11.9. The highest BCUT2D eigenvalue weighted by Crippen LogP contribution is 2.35. The fourth-order valence-corrected chi connectivity index (χ4v) is 4.04.